The average molecular weight is 396 g/mol. The number of hydrogen-bond acceptors (Lipinski definition) is 5. The van der Waals surface area contributed by atoms with Crippen LogP contribution in [0.3, 0.4) is 0 Å². The van der Waals surface area contributed by atoms with Crippen molar-refractivity contribution >= 4 is 18.4 Å². The minimum atomic E-state index is -0.671. The number of carbonyl (C=O) groups excluding carboxylic acids is 1. The zero-order valence-corrected chi connectivity index (χ0v) is 15.7. The second kappa shape index (κ2) is 12.8. The molecule has 0 aliphatic carbocycles. The van der Waals surface area contributed by atoms with Crippen molar-refractivity contribution in [2.45, 2.75) is 12.6 Å². The number of nitrogens with one attached hydrogen (secondary N) is 3. The summed E-state index contributed by atoms with van der Waals surface area (Å²) in [6.07, 6.45) is -0.671. The lowest BCUT2D eigenvalue weighted by Gasteiger charge is -2.13. The molecule has 0 radical (unpaired) electrons. The van der Waals surface area contributed by atoms with Gasteiger partial charge in [-0.2, -0.15) is 0 Å². The Hall–Kier alpha value is -2.48. The molecule has 0 saturated carbocycles. The summed E-state index contributed by atoms with van der Waals surface area (Å²) in [7, 11) is 0. The predicted molar refractivity (Wildman–Crippen MR) is 106 cm³/mol. The van der Waals surface area contributed by atoms with Crippen LogP contribution < -0.4 is 20.7 Å². The summed E-state index contributed by atoms with van der Waals surface area (Å²) in [6, 6.07) is 15.8. The van der Waals surface area contributed by atoms with Gasteiger partial charge < -0.3 is 30.9 Å². The monoisotopic (exact) mass is 395 g/mol. The molecule has 5 N–H and O–H groups in total. The molecule has 0 fully saturated rings. The highest BCUT2D eigenvalue weighted by Crippen LogP contribution is 2.15. The van der Waals surface area contributed by atoms with E-state index in [1.54, 1.807) is 12.1 Å². The van der Waals surface area contributed by atoms with Gasteiger partial charge in [-0.3, -0.25) is 0 Å². The number of amides is 2. The maximum atomic E-state index is 11.7. The number of aromatic hydroxyl groups is 1. The van der Waals surface area contributed by atoms with Crippen molar-refractivity contribution in [2.75, 3.05) is 26.2 Å². The highest BCUT2D eigenvalue weighted by atomic mass is 35.5. The number of urea groups is 1. The lowest BCUT2D eigenvalue weighted by molar-refractivity contribution is 0.106. The maximum Gasteiger partial charge on any atom is 0.315 e. The van der Waals surface area contributed by atoms with Crippen molar-refractivity contribution in [2.24, 2.45) is 0 Å². The zero-order chi connectivity index (χ0) is 18.6. The first-order chi connectivity index (χ1) is 12.6. The van der Waals surface area contributed by atoms with Gasteiger partial charge in [-0.05, 0) is 29.8 Å². The van der Waals surface area contributed by atoms with E-state index in [1.165, 1.54) is 12.1 Å². The van der Waals surface area contributed by atoms with Crippen LogP contribution in [0, 0.1) is 0 Å². The Labute approximate surface area is 165 Å². The molecule has 0 bridgehead atoms. The van der Waals surface area contributed by atoms with Crippen LogP contribution in [0.4, 0.5) is 4.79 Å². The van der Waals surface area contributed by atoms with Gasteiger partial charge in [-0.25, -0.2) is 4.79 Å². The molecule has 1 unspecified atom stereocenters. The van der Waals surface area contributed by atoms with Crippen LogP contribution in [0.2, 0.25) is 0 Å². The number of aliphatic hydroxyl groups is 1. The van der Waals surface area contributed by atoms with Gasteiger partial charge in [0.25, 0.3) is 0 Å². The number of rotatable bonds is 10. The van der Waals surface area contributed by atoms with E-state index in [9.17, 15) is 15.0 Å². The fourth-order valence-electron chi connectivity index (χ4n) is 2.17. The van der Waals surface area contributed by atoms with Gasteiger partial charge in [0.05, 0.1) is 0 Å². The normalized spacial score (nSPS) is 11.1. The molecule has 0 aliphatic heterocycles. The number of phenolic OH excluding ortho intramolecular Hbond substituents is 1. The number of hydrogen-bond donors (Lipinski definition) is 5. The van der Waals surface area contributed by atoms with Crippen LogP contribution >= 0.6 is 12.4 Å². The van der Waals surface area contributed by atoms with Gasteiger partial charge in [0, 0.05) is 26.2 Å². The van der Waals surface area contributed by atoms with E-state index in [-0.39, 0.29) is 30.8 Å². The van der Waals surface area contributed by atoms with Crippen LogP contribution in [-0.2, 0) is 6.54 Å². The summed E-state index contributed by atoms with van der Waals surface area (Å²) >= 11 is 0. The molecular formula is C19H26ClN3O4. The number of halogens is 1. The number of benzene rings is 2. The number of phenols is 1. The third-order valence-electron chi connectivity index (χ3n) is 3.54. The topological polar surface area (TPSA) is 103 Å². The molecule has 2 amide bonds. The van der Waals surface area contributed by atoms with Crippen LogP contribution in [0.1, 0.15) is 5.56 Å². The minimum Gasteiger partial charge on any atom is -0.508 e. The van der Waals surface area contributed by atoms with Gasteiger partial charge >= 0.3 is 6.03 Å². The van der Waals surface area contributed by atoms with Gasteiger partial charge in [-0.1, -0.05) is 30.3 Å². The van der Waals surface area contributed by atoms with Crippen LogP contribution in [-0.4, -0.2) is 48.6 Å². The molecular weight excluding hydrogens is 370 g/mol. The van der Waals surface area contributed by atoms with Crippen molar-refractivity contribution in [3.05, 3.63) is 60.2 Å². The van der Waals surface area contributed by atoms with E-state index >= 15 is 0 Å². The molecule has 0 spiro atoms. The maximum absolute atomic E-state index is 11.7. The SMILES string of the molecule is Cl.O=C(NCCNCC(O)COc1ccc(O)cc1)NCc1ccccc1. The molecule has 8 heteroatoms. The van der Waals surface area contributed by atoms with Crippen molar-refractivity contribution < 1.29 is 19.7 Å². The van der Waals surface area contributed by atoms with E-state index in [0.29, 0.717) is 31.9 Å². The second-order valence-electron chi connectivity index (χ2n) is 5.76. The summed E-state index contributed by atoms with van der Waals surface area (Å²) in [5.41, 5.74) is 1.04. The highest BCUT2D eigenvalue weighted by Gasteiger charge is 2.05. The van der Waals surface area contributed by atoms with Crippen molar-refractivity contribution in [3.63, 3.8) is 0 Å². The second-order valence-corrected chi connectivity index (χ2v) is 5.76. The van der Waals surface area contributed by atoms with Gasteiger partial charge in [0.15, 0.2) is 0 Å². The zero-order valence-electron chi connectivity index (χ0n) is 14.9. The Morgan fingerprint density at radius 1 is 1.00 bits per heavy atom. The lowest BCUT2D eigenvalue weighted by atomic mass is 10.2. The van der Waals surface area contributed by atoms with E-state index in [4.69, 9.17) is 4.74 Å². The first-order valence-electron chi connectivity index (χ1n) is 8.50. The fourth-order valence-corrected chi connectivity index (χ4v) is 2.17. The van der Waals surface area contributed by atoms with Gasteiger partial charge in [-0.15, -0.1) is 12.4 Å². The Morgan fingerprint density at radius 3 is 2.41 bits per heavy atom. The van der Waals surface area contributed by atoms with Crippen LogP contribution in [0.25, 0.3) is 0 Å². The summed E-state index contributed by atoms with van der Waals surface area (Å²) < 4.78 is 5.41. The quantitative estimate of drug-likeness (QED) is 0.393. The molecule has 2 aromatic rings. The molecule has 2 aromatic carbocycles. The largest absolute Gasteiger partial charge is 0.508 e. The van der Waals surface area contributed by atoms with Crippen molar-refractivity contribution in [1.29, 1.82) is 0 Å². The molecule has 2 rings (SSSR count). The summed E-state index contributed by atoms with van der Waals surface area (Å²) in [5.74, 6) is 0.749. The Bertz CT molecular complexity index is 656. The molecule has 27 heavy (non-hydrogen) atoms. The van der Waals surface area contributed by atoms with Gasteiger partial charge in [0.1, 0.15) is 24.2 Å². The lowest BCUT2D eigenvalue weighted by Crippen LogP contribution is -2.40. The average Bonchev–Trinajstić information content (AvgIpc) is 2.66. The number of aliphatic hydroxyl groups excluding tert-OH is 1. The van der Waals surface area contributed by atoms with Crippen LogP contribution in [0.15, 0.2) is 54.6 Å². The molecule has 0 aromatic heterocycles. The Kier molecular flexibility index (Phi) is 10.7. The highest BCUT2D eigenvalue weighted by molar-refractivity contribution is 5.85. The fraction of sp³-hybridized carbons (Fsp3) is 0.316. The molecule has 148 valence electrons. The smallest absolute Gasteiger partial charge is 0.315 e. The molecule has 0 heterocycles. The number of carbonyl (C=O) groups is 1. The van der Waals surface area contributed by atoms with E-state index in [2.05, 4.69) is 16.0 Å². The third kappa shape index (κ3) is 9.69. The Balaban J connectivity index is 0.00000364. The molecule has 0 aliphatic rings. The minimum absolute atomic E-state index is 0. The Morgan fingerprint density at radius 2 is 1.70 bits per heavy atom. The van der Waals surface area contributed by atoms with E-state index in [1.807, 2.05) is 30.3 Å². The summed E-state index contributed by atoms with van der Waals surface area (Å²) in [5, 5.41) is 27.6. The van der Waals surface area contributed by atoms with Gasteiger partial charge in [0.2, 0.25) is 0 Å². The van der Waals surface area contributed by atoms with Crippen molar-refractivity contribution in [3.8, 4) is 11.5 Å². The standard InChI is InChI=1S/C19H25N3O4.ClH/c23-16-6-8-18(9-7-16)26-14-17(24)13-20-10-11-21-19(25)22-12-15-4-2-1-3-5-15;/h1-9,17,20,23-24H,10-14H2,(H2,21,22,25);1H. The van der Waals surface area contributed by atoms with E-state index in [0.717, 1.165) is 5.56 Å². The number of ether oxygens (including phenoxy) is 1. The predicted octanol–water partition coefficient (Wildman–Crippen LogP) is 1.64. The first-order valence-corrected chi connectivity index (χ1v) is 8.50. The first kappa shape index (κ1) is 22.6. The van der Waals surface area contributed by atoms with Crippen molar-refractivity contribution in [1.82, 2.24) is 16.0 Å². The summed E-state index contributed by atoms with van der Waals surface area (Å²) in [4.78, 5) is 11.7. The molecule has 1 atom stereocenters. The summed E-state index contributed by atoms with van der Waals surface area (Å²) in [6.45, 7) is 1.96. The molecule has 7 nitrogen and oxygen atoms in total. The third-order valence-corrected chi connectivity index (χ3v) is 3.54. The van der Waals surface area contributed by atoms with E-state index < -0.39 is 6.10 Å². The van der Waals surface area contributed by atoms with Crippen LogP contribution in [0.5, 0.6) is 11.5 Å². The molecule has 0 saturated heterocycles.